The molecule has 0 aliphatic heterocycles. The summed E-state index contributed by atoms with van der Waals surface area (Å²) in [7, 11) is 0. The van der Waals surface area contributed by atoms with Crippen molar-refractivity contribution in [2.75, 3.05) is 0 Å². The van der Waals surface area contributed by atoms with E-state index in [1.807, 2.05) is 24.3 Å². The SMILES string of the molecule is c1ccc2cc(-c3nc(-c4ccc(-n5c6ccccc6c6ccccc65)cc4)nc(-c4cccc5oc6cnccc6c45)n3)ccc2c1. The molecule has 0 aliphatic rings. The fraction of sp³-hybridized carbons (Fsp3) is 0. The second-order valence-corrected chi connectivity index (χ2v) is 11.9. The average molecular weight is 616 g/mol. The second kappa shape index (κ2) is 10.4. The molecule has 10 aromatic rings. The fourth-order valence-corrected chi connectivity index (χ4v) is 6.91. The molecule has 0 spiro atoms. The summed E-state index contributed by atoms with van der Waals surface area (Å²) in [6.07, 6.45) is 3.53. The number of rotatable bonds is 4. The third-order valence-corrected chi connectivity index (χ3v) is 9.15. The highest BCUT2D eigenvalue weighted by atomic mass is 16.3. The molecule has 0 bridgehead atoms. The Morgan fingerprint density at radius 1 is 0.479 bits per heavy atom. The lowest BCUT2D eigenvalue weighted by Gasteiger charge is -2.11. The van der Waals surface area contributed by atoms with E-state index in [1.54, 1.807) is 12.4 Å². The van der Waals surface area contributed by atoms with Crippen molar-refractivity contribution in [1.82, 2.24) is 24.5 Å². The molecule has 0 unspecified atom stereocenters. The van der Waals surface area contributed by atoms with Crippen LogP contribution in [-0.2, 0) is 0 Å². The molecule has 0 saturated carbocycles. The molecule has 0 saturated heterocycles. The monoisotopic (exact) mass is 615 g/mol. The zero-order chi connectivity index (χ0) is 31.6. The number of pyridine rings is 1. The highest BCUT2D eigenvalue weighted by molar-refractivity contribution is 6.12. The molecule has 4 heterocycles. The maximum Gasteiger partial charge on any atom is 0.164 e. The molecule has 48 heavy (non-hydrogen) atoms. The summed E-state index contributed by atoms with van der Waals surface area (Å²) in [5.74, 6) is 1.79. The standard InChI is InChI=1S/C42H25N5O/c1-2-9-28-24-29(17-16-26(28)8-1)41-44-40(45-42(46-41)34-12-7-15-37-39(34)33-22-23-43-25-38(33)48-37)27-18-20-30(21-19-27)47-35-13-5-3-10-31(35)32-11-4-6-14-36(32)47/h1-25H. The van der Waals surface area contributed by atoms with Crippen molar-refractivity contribution in [1.29, 1.82) is 0 Å². The molecule has 0 atom stereocenters. The van der Waals surface area contributed by atoms with E-state index in [1.165, 1.54) is 27.2 Å². The first-order chi connectivity index (χ1) is 23.8. The first-order valence-corrected chi connectivity index (χ1v) is 15.9. The summed E-state index contributed by atoms with van der Waals surface area (Å²) in [4.78, 5) is 19.5. The van der Waals surface area contributed by atoms with Gasteiger partial charge < -0.3 is 8.98 Å². The lowest BCUT2D eigenvalue weighted by molar-refractivity contribution is 0.667. The lowest BCUT2D eigenvalue weighted by Crippen LogP contribution is -2.01. The predicted octanol–water partition coefficient (Wildman–Crippen LogP) is 10.4. The molecule has 6 heteroatoms. The first-order valence-electron chi connectivity index (χ1n) is 15.9. The third kappa shape index (κ3) is 4.13. The number of hydrogen-bond donors (Lipinski definition) is 0. The normalized spacial score (nSPS) is 11.8. The van der Waals surface area contributed by atoms with Gasteiger partial charge in [-0.2, -0.15) is 0 Å². The van der Waals surface area contributed by atoms with Crippen LogP contribution in [0.25, 0.3) is 94.4 Å². The predicted molar refractivity (Wildman–Crippen MR) is 193 cm³/mol. The topological polar surface area (TPSA) is 69.6 Å². The van der Waals surface area contributed by atoms with Gasteiger partial charge in [0.15, 0.2) is 23.1 Å². The van der Waals surface area contributed by atoms with E-state index in [4.69, 9.17) is 19.4 Å². The number of fused-ring (bicyclic) bond motifs is 7. The van der Waals surface area contributed by atoms with Crippen LogP contribution in [0.15, 0.2) is 156 Å². The minimum absolute atomic E-state index is 0.583. The van der Waals surface area contributed by atoms with Crippen LogP contribution in [-0.4, -0.2) is 24.5 Å². The summed E-state index contributed by atoms with van der Waals surface area (Å²) in [6, 6.07) is 48.2. The molecular weight excluding hydrogens is 590 g/mol. The molecule has 224 valence electrons. The Morgan fingerprint density at radius 2 is 1.15 bits per heavy atom. The van der Waals surface area contributed by atoms with Gasteiger partial charge in [0.1, 0.15) is 5.58 Å². The largest absolute Gasteiger partial charge is 0.454 e. The molecule has 0 N–H and O–H groups in total. The Bertz CT molecular complexity index is 2800. The van der Waals surface area contributed by atoms with Crippen LogP contribution in [0, 0.1) is 0 Å². The fourth-order valence-electron chi connectivity index (χ4n) is 6.91. The number of benzene rings is 6. The Kier molecular flexibility index (Phi) is 5.77. The minimum Gasteiger partial charge on any atom is -0.454 e. The third-order valence-electron chi connectivity index (χ3n) is 9.15. The summed E-state index contributed by atoms with van der Waals surface area (Å²) in [5.41, 5.74) is 7.61. The van der Waals surface area contributed by atoms with Crippen LogP contribution in [0.5, 0.6) is 0 Å². The van der Waals surface area contributed by atoms with Gasteiger partial charge in [-0.15, -0.1) is 0 Å². The maximum absolute atomic E-state index is 6.17. The van der Waals surface area contributed by atoms with Crippen LogP contribution in [0.1, 0.15) is 0 Å². The number of hydrogen-bond acceptors (Lipinski definition) is 5. The number of furan rings is 1. The van der Waals surface area contributed by atoms with Crippen LogP contribution in [0.3, 0.4) is 0 Å². The Labute approximate surface area is 274 Å². The summed E-state index contributed by atoms with van der Waals surface area (Å²) in [6.45, 7) is 0. The van der Waals surface area contributed by atoms with Gasteiger partial charge in [0, 0.05) is 50.1 Å². The van der Waals surface area contributed by atoms with Crippen molar-refractivity contribution in [2.24, 2.45) is 0 Å². The van der Waals surface area contributed by atoms with Gasteiger partial charge in [0.2, 0.25) is 0 Å². The van der Waals surface area contributed by atoms with Gasteiger partial charge in [0.05, 0.1) is 17.2 Å². The van der Waals surface area contributed by atoms with Gasteiger partial charge in [-0.3, -0.25) is 4.98 Å². The quantitative estimate of drug-likeness (QED) is 0.197. The zero-order valence-electron chi connectivity index (χ0n) is 25.6. The second-order valence-electron chi connectivity index (χ2n) is 11.9. The molecule has 0 fully saturated rings. The Morgan fingerprint density at radius 3 is 1.94 bits per heavy atom. The van der Waals surface area contributed by atoms with Crippen LogP contribution in [0.4, 0.5) is 0 Å². The highest BCUT2D eigenvalue weighted by Crippen LogP contribution is 2.37. The maximum atomic E-state index is 6.17. The van der Waals surface area contributed by atoms with Crippen molar-refractivity contribution < 1.29 is 4.42 Å². The van der Waals surface area contributed by atoms with E-state index in [0.29, 0.717) is 17.5 Å². The molecule has 0 radical (unpaired) electrons. The van der Waals surface area contributed by atoms with Crippen molar-refractivity contribution >= 4 is 54.5 Å². The summed E-state index contributed by atoms with van der Waals surface area (Å²) < 4.78 is 8.48. The van der Waals surface area contributed by atoms with Gasteiger partial charge in [-0.25, -0.2) is 15.0 Å². The first kappa shape index (κ1) is 26.5. The van der Waals surface area contributed by atoms with E-state index in [0.717, 1.165) is 49.7 Å². The molecule has 0 aliphatic carbocycles. The van der Waals surface area contributed by atoms with Crippen molar-refractivity contribution in [2.45, 2.75) is 0 Å². The number of aromatic nitrogens is 5. The van der Waals surface area contributed by atoms with Gasteiger partial charge >= 0.3 is 0 Å². The zero-order valence-corrected chi connectivity index (χ0v) is 25.6. The smallest absolute Gasteiger partial charge is 0.164 e. The average Bonchev–Trinajstić information content (AvgIpc) is 3.71. The Balaban J connectivity index is 1.17. The summed E-state index contributed by atoms with van der Waals surface area (Å²) >= 11 is 0. The van der Waals surface area contributed by atoms with Gasteiger partial charge in [-0.1, -0.05) is 84.9 Å². The summed E-state index contributed by atoms with van der Waals surface area (Å²) in [5, 5.41) is 6.69. The van der Waals surface area contributed by atoms with E-state index >= 15 is 0 Å². The highest BCUT2D eigenvalue weighted by Gasteiger charge is 2.18. The molecule has 6 nitrogen and oxygen atoms in total. The lowest BCUT2D eigenvalue weighted by atomic mass is 10.0. The van der Waals surface area contributed by atoms with Gasteiger partial charge in [-0.05, 0) is 65.4 Å². The molecular formula is C42H25N5O. The van der Waals surface area contributed by atoms with E-state index in [9.17, 15) is 0 Å². The number of para-hydroxylation sites is 2. The molecule has 4 aromatic heterocycles. The minimum atomic E-state index is 0.583. The Hall–Kier alpha value is -6.66. The van der Waals surface area contributed by atoms with E-state index in [-0.39, 0.29) is 0 Å². The van der Waals surface area contributed by atoms with Crippen LogP contribution >= 0.6 is 0 Å². The van der Waals surface area contributed by atoms with Crippen LogP contribution in [0.2, 0.25) is 0 Å². The van der Waals surface area contributed by atoms with E-state index < -0.39 is 0 Å². The molecule has 0 amide bonds. The van der Waals surface area contributed by atoms with Crippen molar-refractivity contribution in [3.8, 4) is 39.9 Å². The molecule has 6 aromatic carbocycles. The van der Waals surface area contributed by atoms with Crippen molar-refractivity contribution in [3.63, 3.8) is 0 Å². The van der Waals surface area contributed by atoms with E-state index in [2.05, 4.69) is 125 Å². The van der Waals surface area contributed by atoms with Gasteiger partial charge in [0.25, 0.3) is 0 Å². The van der Waals surface area contributed by atoms with Crippen molar-refractivity contribution in [3.05, 3.63) is 152 Å². The van der Waals surface area contributed by atoms with Crippen LogP contribution < -0.4 is 0 Å². The number of nitrogens with zero attached hydrogens (tertiary/aromatic N) is 5. The molecule has 10 rings (SSSR count).